The minimum atomic E-state index is -0.578. The number of urea groups is 1. The van der Waals surface area contributed by atoms with Crippen LogP contribution in [0.1, 0.15) is 34.0 Å². The van der Waals surface area contributed by atoms with Gasteiger partial charge in [0, 0.05) is 46.9 Å². The van der Waals surface area contributed by atoms with Gasteiger partial charge in [-0.05, 0) is 35.4 Å². The number of hydrogen-bond donors (Lipinski definition) is 0. The van der Waals surface area contributed by atoms with Gasteiger partial charge >= 0.3 is 6.03 Å². The summed E-state index contributed by atoms with van der Waals surface area (Å²) >= 11 is 18.8. The third-order valence-electron chi connectivity index (χ3n) is 5.21. The van der Waals surface area contributed by atoms with Crippen LogP contribution in [0.2, 0.25) is 15.2 Å². The fourth-order valence-corrected chi connectivity index (χ4v) is 4.14. The van der Waals surface area contributed by atoms with E-state index in [2.05, 4.69) is 10.1 Å². The summed E-state index contributed by atoms with van der Waals surface area (Å²) in [6.07, 6.45) is 3.31. The first-order valence-corrected chi connectivity index (χ1v) is 11.3. The number of hydrazone groups is 1. The number of amides is 3. The van der Waals surface area contributed by atoms with Crippen LogP contribution < -0.4 is 5.01 Å². The molecule has 1 aromatic heterocycles. The zero-order valence-electron chi connectivity index (χ0n) is 17.8. The minimum Gasteiger partial charge on any atom is -0.289 e. The van der Waals surface area contributed by atoms with Crippen molar-refractivity contribution < 1.29 is 14.4 Å². The van der Waals surface area contributed by atoms with E-state index in [1.54, 1.807) is 36.4 Å². The summed E-state index contributed by atoms with van der Waals surface area (Å²) in [4.78, 5) is 41.9. The Bertz CT molecular complexity index is 1290. The Kier molecular flexibility index (Phi) is 6.97. The molecule has 0 atom stereocenters. The summed E-state index contributed by atoms with van der Waals surface area (Å²) in [7, 11) is 0. The molecule has 3 aromatic rings. The topological polar surface area (TPSA) is 82.9 Å². The maximum absolute atomic E-state index is 12.6. The lowest BCUT2D eigenvalue weighted by Gasteiger charge is -2.28. The van der Waals surface area contributed by atoms with Crippen LogP contribution in [0.5, 0.6) is 0 Å². The highest BCUT2D eigenvalue weighted by Crippen LogP contribution is 2.33. The molecular weight excluding hydrogens is 499 g/mol. The van der Waals surface area contributed by atoms with E-state index in [1.165, 1.54) is 19.3 Å². The molecule has 172 valence electrons. The lowest BCUT2D eigenvalue weighted by molar-refractivity contribution is -0.125. The van der Waals surface area contributed by atoms with E-state index in [-0.39, 0.29) is 18.2 Å². The van der Waals surface area contributed by atoms with Crippen molar-refractivity contribution in [3.05, 3.63) is 92.2 Å². The first-order chi connectivity index (χ1) is 16.2. The molecule has 0 saturated heterocycles. The number of halogens is 3. The Morgan fingerprint density at radius 1 is 0.971 bits per heavy atom. The van der Waals surface area contributed by atoms with Crippen molar-refractivity contribution in [1.82, 2.24) is 9.88 Å². The smallest absolute Gasteiger partial charge is 0.289 e. The minimum absolute atomic E-state index is 0.108. The molecule has 1 aliphatic rings. The molecule has 0 aliphatic carbocycles. The molecule has 10 heteroatoms. The molecule has 0 unspecified atom stereocenters. The maximum atomic E-state index is 12.6. The quantitative estimate of drug-likeness (QED) is 0.325. The molecule has 7 nitrogen and oxygen atoms in total. The van der Waals surface area contributed by atoms with Gasteiger partial charge in [0.1, 0.15) is 5.15 Å². The molecule has 2 aromatic carbocycles. The number of carbonyl (C=O) groups excluding carboxylic acids is 3. The monoisotopic (exact) mass is 514 g/mol. The third-order valence-corrected chi connectivity index (χ3v) is 6.11. The lowest BCUT2D eigenvalue weighted by atomic mass is 10.00. The number of aromatic nitrogens is 1. The van der Waals surface area contributed by atoms with Crippen LogP contribution in [0.4, 0.5) is 10.5 Å². The normalized spacial score (nSPS) is 13.4. The Morgan fingerprint density at radius 3 is 2.21 bits per heavy atom. The number of carbonyl (C=O) groups is 3. The van der Waals surface area contributed by atoms with Crippen LogP contribution in [-0.2, 0) is 11.2 Å². The first-order valence-electron chi connectivity index (χ1n) is 10.1. The van der Waals surface area contributed by atoms with Gasteiger partial charge in [-0.15, -0.1) is 0 Å². The molecule has 0 spiro atoms. The summed E-state index contributed by atoms with van der Waals surface area (Å²) in [5.74, 6) is -0.549. The number of hydrogen-bond acceptors (Lipinski definition) is 5. The predicted molar refractivity (Wildman–Crippen MR) is 132 cm³/mol. The summed E-state index contributed by atoms with van der Waals surface area (Å²) in [6, 6.07) is 12.9. The second kappa shape index (κ2) is 9.93. The number of benzene rings is 2. The van der Waals surface area contributed by atoms with E-state index in [1.807, 2.05) is 12.1 Å². The average molecular weight is 516 g/mol. The molecule has 0 saturated carbocycles. The molecule has 2 heterocycles. The molecule has 34 heavy (non-hydrogen) atoms. The van der Waals surface area contributed by atoms with Gasteiger partial charge < -0.3 is 0 Å². The van der Waals surface area contributed by atoms with Crippen molar-refractivity contribution in [2.24, 2.45) is 5.10 Å². The molecule has 0 bridgehead atoms. The van der Waals surface area contributed by atoms with Crippen LogP contribution in [0.3, 0.4) is 0 Å². The summed E-state index contributed by atoms with van der Waals surface area (Å²) in [5.41, 5.74) is 2.85. The van der Waals surface area contributed by atoms with Gasteiger partial charge in [0.25, 0.3) is 0 Å². The zero-order valence-corrected chi connectivity index (χ0v) is 20.1. The summed E-state index contributed by atoms with van der Waals surface area (Å²) < 4.78 is 0. The summed E-state index contributed by atoms with van der Waals surface area (Å²) in [5, 5.41) is 6.16. The second-order valence-electron chi connectivity index (χ2n) is 7.48. The first kappa shape index (κ1) is 23.9. The van der Waals surface area contributed by atoms with Crippen molar-refractivity contribution in [3.63, 3.8) is 0 Å². The van der Waals surface area contributed by atoms with E-state index in [0.29, 0.717) is 44.0 Å². The van der Waals surface area contributed by atoms with Gasteiger partial charge in [-0.1, -0.05) is 59.1 Å². The highest BCUT2D eigenvalue weighted by atomic mass is 35.5. The van der Waals surface area contributed by atoms with Gasteiger partial charge in [0.2, 0.25) is 5.91 Å². The van der Waals surface area contributed by atoms with E-state index >= 15 is 0 Å². The molecule has 0 N–H and O–H groups in total. The van der Waals surface area contributed by atoms with E-state index in [9.17, 15) is 14.4 Å². The SMILES string of the molecule is CC(=O)N1CC=NN(c2cc(Cl)c(Cc3ccc(C(=O)c4ccc(Cl)nc4)cc3)c(Cl)c2)C1=O. The van der Waals surface area contributed by atoms with E-state index in [4.69, 9.17) is 34.8 Å². The third kappa shape index (κ3) is 4.97. The molecule has 3 amide bonds. The Labute approximate surface area is 210 Å². The molecule has 4 rings (SSSR count). The molecule has 0 radical (unpaired) electrons. The van der Waals surface area contributed by atoms with E-state index in [0.717, 1.165) is 15.5 Å². The number of rotatable bonds is 5. The second-order valence-corrected chi connectivity index (χ2v) is 8.68. The van der Waals surface area contributed by atoms with Crippen molar-refractivity contribution in [1.29, 1.82) is 0 Å². The number of nitrogens with zero attached hydrogens (tertiary/aromatic N) is 4. The average Bonchev–Trinajstić information content (AvgIpc) is 2.81. The van der Waals surface area contributed by atoms with Crippen molar-refractivity contribution >= 4 is 64.4 Å². The standard InChI is InChI=1S/C24H17Cl3N4O3/c1-14(32)30-9-8-29-31(24(30)34)18-11-20(25)19(21(26)12-18)10-15-2-4-16(5-3-15)23(33)17-6-7-22(27)28-13-17/h2-8,11-13H,9-10H2,1H3. The van der Waals surface area contributed by atoms with Crippen molar-refractivity contribution in [2.75, 3.05) is 11.6 Å². The molecule has 0 fully saturated rings. The van der Waals surface area contributed by atoms with E-state index < -0.39 is 6.03 Å². The van der Waals surface area contributed by atoms with Crippen LogP contribution >= 0.6 is 34.8 Å². The highest BCUT2D eigenvalue weighted by Gasteiger charge is 2.28. The Morgan fingerprint density at radius 2 is 1.62 bits per heavy atom. The van der Waals surface area contributed by atoms with Crippen LogP contribution in [0, 0.1) is 0 Å². The van der Waals surface area contributed by atoms with Crippen molar-refractivity contribution in [2.45, 2.75) is 13.3 Å². The van der Waals surface area contributed by atoms with Crippen LogP contribution in [0.15, 0.2) is 59.8 Å². The van der Waals surface area contributed by atoms with Crippen molar-refractivity contribution in [3.8, 4) is 0 Å². The predicted octanol–water partition coefficient (Wildman–Crippen LogP) is 5.64. The number of imide groups is 1. The molecule has 1 aliphatic heterocycles. The Balaban J connectivity index is 1.53. The van der Waals surface area contributed by atoms with Gasteiger partial charge in [-0.2, -0.15) is 10.1 Å². The molecular formula is C24H17Cl3N4O3. The van der Waals surface area contributed by atoms with Gasteiger partial charge in [-0.25, -0.2) is 9.78 Å². The van der Waals surface area contributed by atoms with Crippen LogP contribution in [0.25, 0.3) is 0 Å². The number of anilines is 1. The highest BCUT2D eigenvalue weighted by molar-refractivity contribution is 6.36. The lowest BCUT2D eigenvalue weighted by Crippen LogP contribution is -2.47. The zero-order chi connectivity index (χ0) is 24.4. The number of ketones is 1. The maximum Gasteiger partial charge on any atom is 0.352 e. The van der Waals surface area contributed by atoms with Gasteiger partial charge in [0.15, 0.2) is 5.78 Å². The fourth-order valence-electron chi connectivity index (χ4n) is 3.42. The van der Waals surface area contributed by atoms with Gasteiger partial charge in [-0.3, -0.25) is 14.5 Å². The van der Waals surface area contributed by atoms with Gasteiger partial charge in [0.05, 0.1) is 12.2 Å². The van der Waals surface area contributed by atoms with Crippen LogP contribution in [-0.4, -0.2) is 40.4 Å². The Hall–Kier alpha value is -3.26. The fraction of sp³-hybridized carbons (Fsp3) is 0.125. The number of pyridine rings is 1. The summed E-state index contributed by atoms with van der Waals surface area (Å²) in [6.45, 7) is 1.42. The largest absolute Gasteiger partial charge is 0.352 e.